The first-order valence-electron chi connectivity index (χ1n) is 6.14. The summed E-state index contributed by atoms with van der Waals surface area (Å²) in [5, 5.41) is 22.4. The molecule has 21 heavy (non-hydrogen) atoms. The first-order valence-corrected chi connectivity index (χ1v) is 6.51. The number of amides is 1. The number of rotatable bonds is 4. The molecule has 0 heterocycles. The number of nitro benzene ring substituents is 1. The van der Waals surface area contributed by atoms with Gasteiger partial charge in [0.05, 0.1) is 27.5 Å². The number of hydrogen-bond acceptors (Lipinski definition) is 4. The van der Waals surface area contributed by atoms with Crippen molar-refractivity contribution in [2.45, 2.75) is 13.8 Å². The molecule has 2 unspecified atom stereocenters. The summed E-state index contributed by atoms with van der Waals surface area (Å²) in [5.41, 5.74) is -0.759. The van der Waals surface area contributed by atoms with E-state index in [1.807, 2.05) is 0 Å². The lowest BCUT2D eigenvalue weighted by molar-refractivity contribution is -0.384. The predicted octanol–water partition coefficient (Wildman–Crippen LogP) is 2.54. The van der Waals surface area contributed by atoms with Crippen molar-refractivity contribution in [3.05, 3.63) is 33.3 Å². The molecule has 2 N–H and O–H groups in total. The van der Waals surface area contributed by atoms with Crippen molar-refractivity contribution in [3.63, 3.8) is 0 Å². The van der Waals surface area contributed by atoms with Gasteiger partial charge in [-0.25, -0.2) is 0 Å². The fourth-order valence-corrected chi connectivity index (χ4v) is 2.69. The highest BCUT2D eigenvalue weighted by molar-refractivity contribution is 6.33. The molecule has 2 atom stereocenters. The predicted molar refractivity (Wildman–Crippen MR) is 75.1 cm³/mol. The van der Waals surface area contributed by atoms with Gasteiger partial charge in [0.15, 0.2) is 0 Å². The third-order valence-electron chi connectivity index (χ3n) is 3.79. The maximum Gasteiger partial charge on any atom is 0.307 e. The van der Waals surface area contributed by atoms with E-state index in [2.05, 4.69) is 5.32 Å². The van der Waals surface area contributed by atoms with E-state index >= 15 is 0 Å². The molecule has 0 spiro atoms. The van der Waals surface area contributed by atoms with Crippen molar-refractivity contribution in [3.8, 4) is 0 Å². The first kappa shape index (κ1) is 15.2. The van der Waals surface area contributed by atoms with E-state index in [1.54, 1.807) is 13.8 Å². The van der Waals surface area contributed by atoms with E-state index in [-0.39, 0.29) is 16.4 Å². The van der Waals surface area contributed by atoms with Gasteiger partial charge in [-0.3, -0.25) is 19.7 Å². The van der Waals surface area contributed by atoms with Crippen LogP contribution in [0.5, 0.6) is 0 Å². The molecule has 1 fully saturated rings. The Morgan fingerprint density at radius 3 is 2.48 bits per heavy atom. The highest BCUT2D eigenvalue weighted by Crippen LogP contribution is 2.58. The summed E-state index contributed by atoms with van der Waals surface area (Å²) in [6.07, 6.45) is 0. The van der Waals surface area contributed by atoms with Crippen LogP contribution in [0.3, 0.4) is 0 Å². The van der Waals surface area contributed by atoms with Crippen LogP contribution >= 0.6 is 11.6 Å². The highest BCUT2D eigenvalue weighted by Gasteiger charge is 2.65. The number of carbonyl (C=O) groups excluding carboxylic acids is 1. The zero-order valence-corrected chi connectivity index (χ0v) is 12.0. The van der Waals surface area contributed by atoms with E-state index in [0.29, 0.717) is 0 Å². The number of nitrogens with one attached hydrogen (secondary N) is 1. The second kappa shape index (κ2) is 5.00. The molecule has 1 aromatic rings. The van der Waals surface area contributed by atoms with Gasteiger partial charge in [-0.15, -0.1) is 0 Å². The molecule has 112 valence electrons. The number of anilines is 1. The fourth-order valence-electron chi connectivity index (χ4n) is 2.52. The van der Waals surface area contributed by atoms with E-state index in [1.165, 1.54) is 12.1 Å². The molecule has 8 heteroatoms. The van der Waals surface area contributed by atoms with Gasteiger partial charge in [-0.2, -0.15) is 0 Å². The van der Waals surface area contributed by atoms with E-state index in [9.17, 15) is 19.7 Å². The third kappa shape index (κ3) is 2.69. The molecule has 1 saturated carbocycles. The van der Waals surface area contributed by atoms with Crippen LogP contribution in [0, 0.1) is 27.4 Å². The minimum Gasteiger partial charge on any atom is -0.481 e. The Bertz CT molecular complexity index is 643. The summed E-state index contributed by atoms with van der Waals surface area (Å²) in [6.45, 7) is 3.37. The van der Waals surface area contributed by atoms with Crippen LogP contribution in [0.25, 0.3) is 0 Å². The van der Waals surface area contributed by atoms with Gasteiger partial charge in [0, 0.05) is 12.1 Å². The van der Waals surface area contributed by atoms with Gasteiger partial charge in [0.2, 0.25) is 5.91 Å². The van der Waals surface area contributed by atoms with Crippen molar-refractivity contribution < 1.29 is 19.6 Å². The molecule has 2 rings (SSSR count). The van der Waals surface area contributed by atoms with Crippen LogP contribution in [0.2, 0.25) is 5.02 Å². The average Bonchev–Trinajstić information content (AvgIpc) is 2.95. The van der Waals surface area contributed by atoms with E-state index in [4.69, 9.17) is 16.7 Å². The zero-order chi connectivity index (χ0) is 15.9. The average molecular weight is 313 g/mol. The maximum atomic E-state index is 12.1. The minimum atomic E-state index is -1.04. The summed E-state index contributed by atoms with van der Waals surface area (Å²) in [5.74, 6) is -3.00. The molecule has 0 aliphatic heterocycles. The lowest BCUT2D eigenvalue weighted by Gasteiger charge is -2.07. The van der Waals surface area contributed by atoms with Crippen LogP contribution in [0.1, 0.15) is 13.8 Å². The summed E-state index contributed by atoms with van der Waals surface area (Å²) < 4.78 is 0. The lowest BCUT2D eigenvalue weighted by atomic mass is 10.1. The zero-order valence-electron chi connectivity index (χ0n) is 11.3. The smallest absolute Gasteiger partial charge is 0.307 e. The monoisotopic (exact) mass is 312 g/mol. The summed E-state index contributed by atoms with van der Waals surface area (Å²) in [4.78, 5) is 33.3. The molecule has 1 aliphatic carbocycles. The second-order valence-electron chi connectivity index (χ2n) is 5.53. The molecule has 0 aromatic heterocycles. The SMILES string of the molecule is CC1(C)C(C(=O)O)C1C(=O)Nc1cc([N+](=O)[O-])ccc1Cl. The fraction of sp³-hybridized carbons (Fsp3) is 0.385. The Morgan fingerprint density at radius 1 is 1.38 bits per heavy atom. The third-order valence-corrected chi connectivity index (χ3v) is 4.12. The Morgan fingerprint density at radius 2 is 2.00 bits per heavy atom. The number of benzene rings is 1. The van der Waals surface area contributed by atoms with Crippen molar-refractivity contribution in [1.82, 2.24) is 0 Å². The summed E-state index contributed by atoms with van der Waals surface area (Å²) >= 11 is 5.89. The van der Waals surface area contributed by atoms with Crippen LogP contribution in [0.15, 0.2) is 18.2 Å². The molecule has 0 radical (unpaired) electrons. The first-order chi connectivity index (χ1) is 9.66. The van der Waals surface area contributed by atoms with Gasteiger partial charge in [-0.1, -0.05) is 25.4 Å². The Balaban J connectivity index is 2.20. The molecule has 0 saturated heterocycles. The van der Waals surface area contributed by atoms with Crippen molar-refractivity contribution in [2.24, 2.45) is 17.3 Å². The molecule has 1 aliphatic rings. The normalized spacial score (nSPS) is 22.4. The number of non-ortho nitro benzene ring substituents is 1. The van der Waals surface area contributed by atoms with Gasteiger partial charge in [0.1, 0.15) is 0 Å². The lowest BCUT2D eigenvalue weighted by Crippen LogP contribution is -2.18. The molecular weight excluding hydrogens is 300 g/mol. The number of hydrogen-bond donors (Lipinski definition) is 2. The van der Waals surface area contributed by atoms with Crippen LogP contribution in [-0.2, 0) is 9.59 Å². The van der Waals surface area contributed by atoms with Gasteiger partial charge >= 0.3 is 5.97 Å². The molecule has 7 nitrogen and oxygen atoms in total. The van der Waals surface area contributed by atoms with Crippen LogP contribution in [0.4, 0.5) is 11.4 Å². The summed E-state index contributed by atoms with van der Waals surface area (Å²) in [6, 6.07) is 3.67. The molecular formula is C13H13ClN2O5. The van der Waals surface area contributed by atoms with Crippen molar-refractivity contribution in [1.29, 1.82) is 0 Å². The van der Waals surface area contributed by atoms with Crippen molar-refractivity contribution in [2.75, 3.05) is 5.32 Å². The molecule has 1 aromatic carbocycles. The standard InChI is InChI=1S/C13H13ClN2O5/c1-13(2)9(10(13)12(18)19)11(17)15-8-5-6(16(20)21)3-4-7(8)14/h3-5,9-10H,1-2H3,(H,15,17)(H,18,19). The van der Waals surface area contributed by atoms with Gasteiger partial charge in [-0.05, 0) is 11.5 Å². The Labute approximate surface area is 125 Å². The largest absolute Gasteiger partial charge is 0.481 e. The van der Waals surface area contributed by atoms with Gasteiger partial charge in [0.25, 0.3) is 5.69 Å². The molecule has 1 amide bonds. The quantitative estimate of drug-likeness (QED) is 0.655. The number of carboxylic acids is 1. The van der Waals surface area contributed by atoms with Gasteiger partial charge < -0.3 is 10.4 Å². The number of carbonyl (C=O) groups is 2. The molecule has 0 bridgehead atoms. The van der Waals surface area contributed by atoms with E-state index < -0.39 is 34.1 Å². The topological polar surface area (TPSA) is 110 Å². The Kier molecular flexibility index (Phi) is 3.63. The minimum absolute atomic E-state index is 0.0997. The Hall–Kier alpha value is -2.15. The maximum absolute atomic E-state index is 12.1. The number of carboxylic acid groups (broad SMARTS) is 1. The highest BCUT2D eigenvalue weighted by atomic mass is 35.5. The van der Waals surface area contributed by atoms with E-state index in [0.717, 1.165) is 6.07 Å². The number of aliphatic carboxylic acids is 1. The van der Waals surface area contributed by atoms with Crippen LogP contribution < -0.4 is 5.32 Å². The number of nitro groups is 1. The second-order valence-corrected chi connectivity index (χ2v) is 5.93. The number of nitrogens with zero attached hydrogens (tertiary/aromatic N) is 1. The van der Waals surface area contributed by atoms with Crippen LogP contribution in [-0.4, -0.2) is 21.9 Å². The number of halogens is 1. The summed E-state index contributed by atoms with van der Waals surface area (Å²) in [7, 11) is 0. The van der Waals surface area contributed by atoms with Crippen molar-refractivity contribution >= 4 is 34.9 Å².